The summed E-state index contributed by atoms with van der Waals surface area (Å²) < 4.78 is 38.8. The predicted molar refractivity (Wildman–Crippen MR) is 116 cm³/mol. The van der Waals surface area contributed by atoms with E-state index in [1.54, 1.807) is 4.90 Å². The third kappa shape index (κ3) is 6.11. The van der Waals surface area contributed by atoms with Crippen molar-refractivity contribution in [2.45, 2.75) is 57.7 Å². The van der Waals surface area contributed by atoms with E-state index in [1.807, 2.05) is 0 Å². The van der Waals surface area contributed by atoms with Gasteiger partial charge in [-0.2, -0.15) is 13.2 Å². The molecular formula is C22H31F3N4O3. The summed E-state index contributed by atoms with van der Waals surface area (Å²) in [5.74, 6) is -0.170. The molecule has 0 aliphatic carbocycles. The summed E-state index contributed by atoms with van der Waals surface area (Å²) in [5, 5.41) is 14.5. The van der Waals surface area contributed by atoms with Crippen molar-refractivity contribution in [2.24, 2.45) is 5.92 Å². The first-order valence-electron chi connectivity index (χ1n) is 11.3. The number of hydrogen-bond donors (Lipinski definition) is 1. The molecule has 7 nitrogen and oxygen atoms in total. The number of unbranched alkanes of at least 4 members (excludes halogenated alkanes) is 1. The molecule has 2 aliphatic heterocycles. The van der Waals surface area contributed by atoms with Crippen molar-refractivity contribution in [3.05, 3.63) is 33.9 Å². The number of piperidine rings is 2. The van der Waals surface area contributed by atoms with Crippen LogP contribution < -0.4 is 10.2 Å². The van der Waals surface area contributed by atoms with E-state index in [0.717, 1.165) is 44.6 Å². The van der Waals surface area contributed by atoms with Gasteiger partial charge in [0.1, 0.15) is 5.69 Å². The number of hydrogen-bond acceptors (Lipinski definition) is 5. The molecule has 1 amide bonds. The molecule has 0 saturated carbocycles. The van der Waals surface area contributed by atoms with Gasteiger partial charge in [-0.05, 0) is 50.8 Å². The van der Waals surface area contributed by atoms with E-state index >= 15 is 0 Å². The van der Waals surface area contributed by atoms with Gasteiger partial charge in [-0.1, -0.05) is 13.3 Å². The Morgan fingerprint density at radius 3 is 2.38 bits per heavy atom. The first kappa shape index (κ1) is 24.3. The summed E-state index contributed by atoms with van der Waals surface area (Å²) in [6, 6.07) is 2.79. The van der Waals surface area contributed by atoms with Gasteiger partial charge >= 0.3 is 6.18 Å². The number of amides is 1. The van der Waals surface area contributed by atoms with Crippen molar-refractivity contribution in [1.29, 1.82) is 0 Å². The standard InChI is InChI=1S/C22H31F3N4O3/c1-2-3-10-27-11-8-18(9-12-27)26-21(30)16-6-13-28(14-7-16)19-5-4-17(22(23,24)25)15-20(19)29(31)32/h4-5,15-16,18H,2-3,6-14H2,1H3,(H,26,30). The van der Waals surface area contributed by atoms with Crippen LogP contribution in [0, 0.1) is 16.0 Å². The lowest BCUT2D eigenvalue weighted by molar-refractivity contribution is -0.384. The van der Waals surface area contributed by atoms with Crippen molar-refractivity contribution >= 4 is 17.3 Å². The summed E-state index contributed by atoms with van der Waals surface area (Å²) in [7, 11) is 0. The van der Waals surface area contributed by atoms with Gasteiger partial charge in [-0.3, -0.25) is 14.9 Å². The Morgan fingerprint density at radius 2 is 1.81 bits per heavy atom. The first-order chi connectivity index (χ1) is 15.2. The van der Waals surface area contributed by atoms with Crippen molar-refractivity contribution in [3.63, 3.8) is 0 Å². The van der Waals surface area contributed by atoms with Gasteiger partial charge < -0.3 is 15.1 Å². The summed E-state index contributed by atoms with van der Waals surface area (Å²) in [6.45, 7) is 6.03. The van der Waals surface area contributed by atoms with E-state index in [-0.39, 0.29) is 23.6 Å². The number of likely N-dealkylation sites (tertiary alicyclic amines) is 1. The fraction of sp³-hybridized carbons (Fsp3) is 0.682. The number of benzene rings is 1. The molecule has 0 atom stereocenters. The molecule has 2 heterocycles. The topological polar surface area (TPSA) is 78.7 Å². The number of anilines is 1. The molecule has 2 fully saturated rings. The van der Waals surface area contributed by atoms with E-state index in [0.29, 0.717) is 32.0 Å². The van der Waals surface area contributed by atoms with Crippen LogP contribution in [0.25, 0.3) is 0 Å². The number of carbonyl (C=O) groups is 1. The monoisotopic (exact) mass is 456 g/mol. The normalized spacial score (nSPS) is 19.2. The van der Waals surface area contributed by atoms with E-state index < -0.39 is 22.4 Å². The molecule has 2 aliphatic rings. The Bertz CT molecular complexity index is 802. The summed E-state index contributed by atoms with van der Waals surface area (Å²) in [6.07, 6.45) is 0.620. The minimum absolute atomic E-state index is 0.0126. The van der Waals surface area contributed by atoms with Crippen molar-refractivity contribution in [3.8, 4) is 0 Å². The van der Waals surface area contributed by atoms with Gasteiger partial charge in [0.2, 0.25) is 5.91 Å². The molecule has 178 valence electrons. The molecule has 3 rings (SSSR count). The lowest BCUT2D eigenvalue weighted by Crippen LogP contribution is -2.48. The van der Waals surface area contributed by atoms with Crippen LogP contribution in [-0.2, 0) is 11.0 Å². The second-order valence-corrected chi connectivity index (χ2v) is 8.70. The average Bonchev–Trinajstić information content (AvgIpc) is 2.77. The number of rotatable bonds is 7. The second kappa shape index (κ2) is 10.5. The Balaban J connectivity index is 1.53. The lowest BCUT2D eigenvalue weighted by atomic mass is 9.94. The molecule has 2 saturated heterocycles. The minimum Gasteiger partial charge on any atom is -0.366 e. The SMILES string of the molecule is CCCCN1CCC(NC(=O)C2CCN(c3ccc(C(F)(F)F)cc3[N+](=O)[O-])CC2)CC1. The quantitative estimate of drug-likeness (QED) is 0.491. The maximum atomic E-state index is 12.9. The molecule has 10 heteroatoms. The molecule has 0 unspecified atom stereocenters. The zero-order valence-corrected chi connectivity index (χ0v) is 18.4. The van der Waals surface area contributed by atoms with Gasteiger partial charge in [0.15, 0.2) is 0 Å². The predicted octanol–water partition coefficient (Wildman–Crippen LogP) is 4.21. The van der Waals surface area contributed by atoms with Crippen LogP contribution in [0.4, 0.5) is 24.5 Å². The highest BCUT2D eigenvalue weighted by atomic mass is 19.4. The second-order valence-electron chi connectivity index (χ2n) is 8.70. The maximum absolute atomic E-state index is 12.9. The Kier molecular flexibility index (Phi) is 7.97. The Morgan fingerprint density at radius 1 is 1.16 bits per heavy atom. The summed E-state index contributed by atoms with van der Waals surface area (Å²) in [5.41, 5.74) is -1.43. The van der Waals surface area contributed by atoms with Gasteiger partial charge in [0.05, 0.1) is 10.5 Å². The fourth-order valence-electron chi connectivity index (χ4n) is 4.50. The molecule has 32 heavy (non-hydrogen) atoms. The van der Waals surface area contributed by atoms with E-state index in [2.05, 4.69) is 17.1 Å². The van der Waals surface area contributed by atoms with Crippen LogP contribution in [-0.4, -0.2) is 54.5 Å². The van der Waals surface area contributed by atoms with Crippen LogP contribution >= 0.6 is 0 Å². The molecule has 0 bridgehead atoms. The number of nitrogens with one attached hydrogen (secondary N) is 1. The summed E-state index contributed by atoms with van der Waals surface area (Å²) >= 11 is 0. The molecule has 0 spiro atoms. The van der Waals surface area contributed by atoms with Crippen LogP contribution in [0.3, 0.4) is 0 Å². The lowest BCUT2D eigenvalue weighted by Gasteiger charge is -2.35. The largest absolute Gasteiger partial charge is 0.416 e. The van der Waals surface area contributed by atoms with Gasteiger partial charge in [0, 0.05) is 44.2 Å². The highest BCUT2D eigenvalue weighted by Gasteiger charge is 2.35. The van der Waals surface area contributed by atoms with E-state index in [9.17, 15) is 28.1 Å². The molecular weight excluding hydrogens is 425 g/mol. The van der Waals surface area contributed by atoms with Gasteiger partial charge in [-0.25, -0.2) is 0 Å². The highest BCUT2D eigenvalue weighted by Crippen LogP contribution is 2.37. The molecule has 0 radical (unpaired) electrons. The van der Waals surface area contributed by atoms with Crippen LogP contribution in [0.1, 0.15) is 51.0 Å². The number of nitrogens with zero attached hydrogens (tertiary/aromatic N) is 3. The van der Waals surface area contributed by atoms with Crippen LogP contribution in [0.15, 0.2) is 18.2 Å². The Hall–Kier alpha value is -2.36. The number of nitro benzene ring substituents is 1. The number of halogens is 3. The van der Waals surface area contributed by atoms with Crippen molar-refractivity contribution < 1.29 is 22.9 Å². The number of nitro groups is 1. The van der Waals surface area contributed by atoms with Gasteiger partial charge in [0.25, 0.3) is 5.69 Å². The molecule has 0 aromatic heterocycles. The smallest absolute Gasteiger partial charge is 0.366 e. The maximum Gasteiger partial charge on any atom is 0.416 e. The van der Waals surface area contributed by atoms with Crippen LogP contribution in [0.5, 0.6) is 0 Å². The van der Waals surface area contributed by atoms with Gasteiger partial charge in [-0.15, -0.1) is 0 Å². The molecule has 1 N–H and O–H groups in total. The van der Waals surface area contributed by atoms with Crippen molar-refractivity contribution in [2.75, 3.05) is 37.6 Å². The molecule has 1 aromatic rings. The highest BCUT2D eigenvalue weighted by molar-refractivity contribution is 5.79. The van der Waals surface area contributed by atoms with Crippen LogP contribution in [0.2, 0.25) is 0 Å². The average molecular weight is 457 g/mol. The van der Waals surface area contributed by atoms with E-state index in [1.165, 1.54) is 12.8 Å². The van der Waals surface area contributed by atoms with Crippen molar-refractivity contribution in [1.82, 2.24) is 10.2 Å². The first-order valence-corrected chi connectivity index (χ1v) is 11.3. The number of alkyl halides is 3. The third-order valence-corrected chi connectivity index (χ3v) is 6.47. The Labute approximate surface area is 186 Å². The minimum atomic E-state index is -4.64. The molecule has 1 aromatic carbocycles. The number of carbonyl (C=O) groups excluding carboxylic acids is 1. The van der Waals surface area contributed by atoms with E-state index in [4.69, 9.17) is 0 Å². The third-order valence-electron chi connectivity index (χ3n) is 6.47. The zero-order chi connectivity index (χ0) is 23.3. The zero-order valence-electron chi connectivity index (χ0n) is 18.4. The fourth-order valence-corrected chi connectivity index (χ4v) is 4.50. The summed E-state index contributed by atoms with van der Waals surface area (Å²) in [4.78, 5) is 27.4.